The number of carbonyl (C=O) groups excluding carboxylic acids is 2. The predicted molar refractivity (Wildman–Crippen MR) is 119 cm³/mol. The molecule has 0 saturated carbocycles. The number of benzene rings is 2. The van der Waals surface area contributed by atoms with E-state index in [0.29, 0.717) is 10.9 Å². The van der Waals surface area contributed by atoms with Crippen molar-refractivity contribution < 1.29 is 14.3 Å². The minimum absolute atomic E-state index is 0.279. The normalized spacial score (nSPS) is 16.8. The number of rotatable bonds is 5. The maximum Gasteiger partial charge on any atom is 0.331 e. The molecule has 1 amide bonds. The third-order valence-corrected chi connectivity index (χ3v) is 6.27. The van der Waals surface area contributed by atoms with E-state index in [-0.39, 0.29) is 10.8 Å². The topological polar surface area (TPSA) is 59.0 Å². The number of esters is 1. The van der Waals surface area contributed by atoms with E-state index in [0.717, 1.165) is 27.2 Å². The molecular formula is C20H18N2O3S3. The molecule has 2 aromatic rings. The van der Waals surface area contributed by atoms with Gasteiger partial charge in [-0.3, -0.25) is 9.69 Å². The fourth-order valence-electron chi connectivity index (χ4n) is 2.48. The molecule has 5 nitrogen and oxygen atoms in total. The number of nitrogens with zero attached hydrogens (tertiary/aromatic N) is 2. The monoisotopic (exact) mass is 430 g/mol. The molecule has 3 rings (SSSR count). The van der Waals surface area contributed by atoms with E-state index in [1.54, 1.807) is 23.5 Å². The summed E-state index contributed by atoms with van der Waals surface area (Å²) in [5, 5.41) is 0.497. The molecule has 144 valence electrons. The average molecular weight is 431 g/mol. The summed E-state index contributed by atoms with van der Waals surface area (Å²) < 4.78 is 4.68. The van der Waals surface area contributed by atoms with Gasteiger partial charge >= 0.3 is 5.97 Å². The van der Waals surface area contributed by atoms with Crippen LogP contribution in [0.3, 0.4) is 0 Å². The number of amidine groups is 1. The Morgan fingerprint density at radius 2 is 1.79 bits per heavy atom. The van der Waals surface area contributed by atoms with E-state index in [1.165, 1.54) is 18.1 Å². The molecule has 1 aliphatic heterocycles. The SMILES string of the molecule is COC(=O)C=C1SC(=Nc2cccc(SC)c2)N(c2cccc(SC)c2)C1=O. The van der Waals surface area contributed by atoms with E-state index in [1.807, 2.05) is 61.0 Å². The summed E-state index contributed by atoms with van der Waals surface area (Å²) in [6.45, 7) is 0. The van der Waals surface area contributed by atoms with Gasteiger partial charge in [0.2, 0.25) is 0 Å². The van der Waals surface area contributed by atoms with Crippen LogP contribution in [0.15, 0.2) is 74.3 Å². The molecular weight excluding hydrogens is 412 g/mol. The number of thioether (sulfide) groups is 3. The molecule has 0 aliphatic carbocycles. The van der Waals surface area contributed by atoms with Gasteiger partial charge in [0.05, 0.1) is 23.4 Å². The molecule has 8 heteroatoms. The number of ether oxygens (including phenoxy) is 1. The van der Waals surface area contributed by atoms with Crippen molar-refractivity contribution in [3.8, 4) is 0 Å². The van der Waals surface area contributed by atoms with Crippen molar-refractivity contribution in [3.05, 3.63) is 59.5 Å². The lowest BCUT2D eigenvalue weighted by Crippen LogP contribution is -2.28. The molecule has 0 atom stereocenters. The molecule has 0 radical (unpaired) electrons. The molecule has 2 aromatic carbocycles. The minimum Gasteiger partial charge on any atom is -0.466 e. The van der Waals surface area contributed by atoms with E-state index >= 15 is 0 Å². The van der Waals surface area contributed by atoms with Gasteiger partial charge in [-0.15, -0.1) is 23.5 Å². The van der Waals surface area contributed by atoms with Crippen LogP contribution in [0.4, 0.5) is 11.4 Å². The Balaban J connectivity index is 2.07. The van der Waals surface area contributed by atoms with Crippen molar-refractivity contribution in [1.82, 2.24) is 0 Å². The lowest BCUT2D eigenvalue weighted by Gasteiger charge is -2.16. The van der Waals surface area contributed by atoms with Crippen LogP contribution in [-0.2, 0) is 14.3 Å². The first-order valence-corrected chi connectivity index (χ1v) is 11.5. The summed E-state index contributed by atoms with van der Waals surface area (Å²) in [6.07, 6.45) is 5.18. The number of anilines is 1. The Morgan fingerprint density at radius 3 is 2.46 bits per heavy atom. The molecule has 1 fully saturated rings. The highest BCUT2D eigenvalue weighted by atomic mass is 32.2. The molecule has 28 heavy (non-hydrogen) atoms. The van der Waals surface area contributed by atoms with Gasteiger partial charge in [-0.1, -0.05) is 12.1 Å². The average Bonchev–Trinajstić information content (AvgIpc) is 3.02. The largest absolute Gasteiger partial charge is 0.466 e. The fourth-order valence-corrected chi connectivity index (χ4v) is 4.35. The zero-order valence-corrected chi connectivity index (χ0v) is 18.0. The first-order valence-electron chi connectivity index (χ1n) is 8.24. The lowest BCUT2D eigenvalue weighted by atomic mass is 10.3. The summed E-state index contributed by atoms with van der Waals surface area (Å²) >= 11 is 4.38. The fraction of sp³-hybridized carbons (Fsp3) is 0.150. The summed E-state index contributed by atoms with van der Waals surface area (Å²) in [7, 11) is 1.28. The van der Waals surface area contributed by atoms with Gasteiger partial charge < -0.3 is 4.74 Å². The summed E-state index contributed by atoms with van der Waals surface area (Å²) in [5.41, 5.74) is 1.45. The van der Waals surface area contributed by atoms with Gasteiger partial charge in [0.1, 0.15) is 0 Å². The number of amides is 1. The maximum absolute atomic E-state index is 13.0. The third-order valence-electron chi connectivity index (χ3n) is 3.85. The van der Waals surface area contributed by atoms with Crippen molar-refractivity contribution in [2.75, 3.05) is 24.5 Å². The van der Waals surface area contributed by atoms with Gasteiger partial charge in [0, 0.05) is 15.9 Å². The highest BCUT2D eigenvalue weighted by molar-refractivity contribution is 8.19. The van der Waals surface area contributed by atoms with Crippen molar-refractivity contribution in [3.63, 3.8) is 0 Å². The van der Waals surface area contributed by atoms with Crippen LogP contribution >= 0.6 is 35.3 Å². The zero-order valence-electron chi connectivity index (χ0n) is 15.5. The number of hydrogen-bond donors (Lipinski definition) is 0. The van der Waals surface area contributed by atoms with Gasteiger partial charge in [-0.05, 0) is 60.7 Å². The van der Waals surface area contributed by atoms with Crippen LogP contribution < -0.4 is 4.90 Å². The Morgan fingerprint density at radius 1 is 1.11 bits per heavy atom. The van der Waals surface area contributed by atoms with Crippen LogP contribution in [0.2, 0.25) is 0 Å². The van der Waals surface area contributed by atoms with E-state index in [2.05, 4.69) is 9.73 Å². The number of carbonyl (C=O) groups is 2. The summed E-state index contributed by atoms with van der Waals surface area (Å²) in [6, 6.07) is 15.4. The van der Waals surface area contributed by atoms with E-state index in [9.17, 15) is 9.59 Å². The second-order valence-electron chi connectivity index (χ2n) is 5.57. The molecule has 0 aromatic heterocycles. The van der Waals surface area contributed by atoms with Crippen LogP contribution in [0, 0.1) is 0 Å². The van der Waals surface area contributed by atoms with Crippen molar-refractivity contribution >= 4 is 63.7 Å². The Labute approximate surface area is 176 Å². The summed E-state index contributed by atoms with van der Waals surface area (Å²) in [5.74, 6) is -0.868. The molecule has 0 unspecified atom stereocenters. The molecule has 1 heterocycles. The maximum atomic E-state index is 13.0. The lowest BCUT2D eigenvalue weighted by molar-refractivity contribution is -0.135. The molecule has 0 bridgehead atoms. The molecule has 0 spiro atoms. The molecule has 1 saturated heterocycles. The quantitative estimate of drug-likeness (QED) is 0.380. The summed E-state index contributed by atoms with van der Waals surface area (Å²) in [4.78, 5) is 33.3. The highest BCUT2D eigenvalue weighted by Crippen LogP contribution is 2.37. The van der Waals surface area contributed by atoms with Gasteiger partial charge in [-0.2, -0.15) is 0 Å². The van der Waals surface area contributed by atoms with Crippen LogP contribution in [-0.4, -0.2) is 36.7 Å². The van der Waals surface area contributed by atoms with Crippen molar-refractivity contribution in [2.45, 2.75) is 9.79 Å². The van der Waals surface area contributed by atoms with E-state index in [4.69, 9.17) is 0 Å². The van der Waals surface area contributed by atoms with Gasteiger partial charge in [0.25, 0.3) is 5.91 Å². The van der Waals surface area contributed by atoms with Gasteiger partial charge in [0.15, 0.2) is 5.17 Å². The standard InChI is InChI=1S/C20H18N2O3S3/c1-25-18(23)12-17-19(24)22(14-7-5-9-16(11-14)27-3)20(28-17)21-13-6-4-8-15(10-13)26-2/h4-12H,1-3H3. The second-order valence-corrected chi connectivity index (χ2v) is 8.34. The Kier molecular flexibility index (Phi) is 6.88. The molecule has 0 N–H and O–H groups in total. The number of hydrogen-bond acceptors (Lipinski definition) is 7. The van der Waals surface area contributed by atoms with Crippen LogP contribution in [0.5, 0.6) is 0 Å². The van der Waals surface area contributed by atoms with Crippen LogP contribution in [0.1, 0.15) is 0 Å². The Bertz CT molecular complexity index is 973. The van der Waals surface area contributed by atoms with Crippen molar-refractivity contribution in [1.29, 1.82) is 0 Å². The first-order chi connectivity index (χ1) is 13.5. The second kappa shape index (κ2) is 9.36. The predicted octanol–water partition coefficient (Wildman–Crippen LogP) is 4.95. The minimum atomic E-state index is -0.570. The third kappa shape index (κ3) is 4.63. The number of methoxy groups -OCH3 is 1. The van der Waals surface area contributed by atoms with Crippen LogP contribution in [0.25, 0.3) is 0 Å². The highest BCUT2D eigenvalue weighted by Gasteiger charge is 2.35. The van der Waals surface area contributed by atoms with E-state index < -0.39 is 5.97 Å². The first kappa shape index (κ1) is 20.6. The Hall–Kier alpha value is -2.16. The smallest absolute Gasteiger partial charge is 0.331 e. The van der Waals surface area contributed by atoms with Crippen molar-refractivity contribution in [2.24, 2.45) is 4.99 Å². The zero-order chi connectivity index (χ0) is 20.1. The number of aliphatic imine (C=N–C) groups is 1. The molecule has 1 aliphatic rings. The van der Waals surface area contributed by atoms with Gasteiger partial charge in [-0.25, -0.2) is 9.79 Å².